The van der Waals surface area contributed by atoms with E-state index in [2.05, 4.69) is 15.3 Å². The van der Waals surface area contributed by atoms with Crippen LogP contribution < -0.4 is 19.7 Å². The third-order valence-corrected chi connectivity index (χ3v) is 3.97. The maximum Gasteiger partial charge on any atom is 0.162 e. The summed E-state index contributed by atoms with van der Waals surface area (Å²) in [7, 11) is 5.21. The highest BCUT2D eigenvalue weighted by atomic mass is 16.5. The van der Waals surface area contributed by atoms with Crippen LogP contribution >= 0.6 is 0 Å². The molecular formula is C20H22N4O2. The van der Waals surface area contributed by atoms with Gasteiger partial charge in [-0.2, -0.15) is 0 Å². The molecular weight excluding hydrogens is 328 g/mol. The summed E-state index contributed by atoms with van der Waals surface area (Å²) in [6, 6.07) is 17.6. The summed E-state index contributed by atoms with van der Waals surface area (Å²) < 4.78 is 10.6. The number of methoxy groups -OCH3 is 2. The fourth-order valence-corrected chi connectivity index (χ4v) is 2.63. The van der Waals surface area contributed by atoms with Crippen LogP contribution in [0.25, 0.3) is 0 Å². The van der Waals surface area contributed by atoms with Crippen LogP contribution in [0.15, 0.2) is 54.6 Å². The molecule has 0 aliphatic carbocycles. The molecule has 6 nitrogen and oxygen atoms in total. The summed E-state index contributed by atoms with van der Waals surface area (Å²) in [5.41, 5.74) is 1.91. The van der Waals surface area contributed by atoms with E-state index in [4.69, 9.17) is 9.47 Å². The molecule has 26 heavy (non-hydrogen) atoms. The number of hydrogen-bond acceptors (Lipinski definition) is 6. The third kappa shape index (κ3) is 3.85. The van der Waals surface area contributed by atoms with E-state index in [0.717, 1.165) is 17.2 Å². The maximum atomic E-state index is 5.35. The van der Waals surface area contributed by atoms with E-state index in [0.29, 0.717) is 23.1 Å². The van der Waals surface area contributed by atoms with Gasteiger partial charge in [0.1, 0.15) is 17.5 Å². The first-order chi connectivity index (χ1) is 12.6. The summed E-state index contributed by atoms with van der Waals surface area (Å²) in [5, 5.41) is 3.30. The topological polar surface area (TPSA) is 59.5 Å². The summed E-state index contributed by atoms with van der Waals surface area (Å²) >= 11 is 0. The molecule has 0 spiro atoms. The van der Waals surface area contributed by atoms with Gasteiger partial charge in [-0.15, -0.1) is 0 Å². The Bertz CT molecular complexity index is 884. The molecule has 0 unspecified atom stereocenters. The number of rotatable bonds is 6. The number of nitrogens with one attached hydrogen (secondary N) is 1. The number of hydrogen-bond donors (Lipinski definition) is 1. The smallest absolute Gasteiger partial charge is 0.162 e. The van der Waals surface area contributed by atoms with Crippen LogP contribution in [-0.2, 0) is 0 Å². The number of benzene rings is 2. The molecule has 1 aromatic heterocycles. The quantitative estimate of drug-likeness (QED) is 0.715. The van der Waals surface area contributed by atoms with Crippen LogP contribution in [0.2, 0.25) is 0 Å². The zero-order valence-corrected chi connectivity index (χ0v) is 15.4. The van der Waals surface area contributed by atoms with Crippen molar-refractivity contribution in [3.8, 4) is 11.5 Å². The second-order valence-corrected chi connectivity index (χ2v) is 5.75. The molecule has 3 aromatic rings. The van der Waals surface area contributed by atoms with E-state index in [-0.39, 0.29) is 0 Å². The van der Waals surface area contributed by atoms with Crippen LogP contribution in [-0.4, -0.2) is 31.2 Å². The lowest BCUT2D eigenvalue weighted by Gasteiger charge is -2.19. The number of aryl methyl sites for hydroxylation is 1. The van der Waals surface area contributed by atoms with Crippen molar-refractivity contribution in [3.63, 3.8) is 0 Å². The highest BCUT2D eigenvalue weighted by Crippen LogP contribution is 2.31. The van der Waals surface area contributed by atoms with Crippen molar-refractivity contribution in [3.05, 3.63) is 60.4 Å². The van der Waals surface area contributed by atoms with E-state index in [1.165, 1.54) is 0 Å². The molecule has 0 aliphatic heterocycles. The van der Waals surface area contributed by atoms with Gasteiger partial charge in [-0.05, 0) is 31.2 Å². The van der Waals surface area contributed by atoms with Crippen molar-refractivity contribution in [2.24, 2.45) is 0 Å². The summed E-state index contributed by atoms with van der Waals surface area (Å²) in [6.45, 7) is 1.88. The summed E-state index contributed by atoms with van der Waals surface area (Å²) in [4.78, 5) is 11.0. The van der Waals surface area contributed by atoms with Crippen LogP contribution in [0.1, 0.15) is 5.82 Å². The summed E-state index contributed by atoms with van der Waals surface area (Å²) in [5.74, 6) is 3.55. The van der Waals surface area contributed by atoms with E-state index >= 15 is 0 Å². The van der Waals surface area contributed by atoms with Gasteiger partial charge in [-0.3, -0.25) is 0 Å². The maximum absolute atomic E-state index is 5.35. The van der Waals surface area contributed by atoms with Crippen LogP contribution in [0.5, 0.6) is 11.5 Å². The van der Waals surface area contributed by atoms with E-state index in [9.17, 15) is 0 Å². The lowest BCUT2D eigenvalue weighted by atomic mass is 10.2. The molecule has 1 N–H and O–H groups in total. The Balaban J connectivity index is 1.88. The van der Waals surface area contributed by atoms with Crippen molar-refractivity contribution >= 4 is 23.0 Å². The second-order valence-electron chi connectivity index (χ2n) is 5.75. The van der Waals surface area contributed by atoms with Crippen LogP contribution in [0, 0.1) is 6.92 Å². The van der Waals surface area contributed by atoms with Crippen LogP contribution in [0.3, 0.4) is 0 Å². The first-order valence-electron chi connectivity index (χ1n) is 8.24. The molecule has 2 aromatic carbocycles. The normalized spacial score (nSPS) is 10.3. The van der Waals surface area contributed by atoms with Crippen molar-refractivity contribution in [2.75, 3.05) is 31.5 Å². The van der Waals surface area contributed by atoms with Gasteiger partial charge in [0.2, 0.25) is 0 Å². The second kappa shape index (κ2) is 7.74. The van der Waals surface area contributed by atoms with Crippen molar-refractivity contribution in [1.82, 2.24) is 9.97 Å². The highest BCUT2D eigenvalue weighted by Gasteiger charge is 2.10. The van der Waals surface area contributed by atoms with Crippen molar-refractivity contribution in [1.29, 1.82) is 0 Å². The number of para-hydroxylation sites is 1. The Morgan fingerprint density at radius 1 is 0.885 bits per heavy atom. The van der Waals surface area contributed by atoms with E-state index in [1.807, 2.05) is 73.5 Å². The van der Waals surface area contributed by atoms with Gasteiger partial charge in [-0.25, -0.2) is 9.97 Å². The third-order valence-electron chi connectivity index (χ3n) is 3.97. The summed E-state index contributed by atoms with van der Waals surface area (Å²) in [6.07, 6.45) is 0. The average Bonchev–Trinajstić information content (AvgIpc) is 2.67. The standard InChI is InChI=1S/C20H22N4O2/c1-14-21-19(23-15-10-11-17(25-3)18(12-15)26-4)13-20(22-14)24(2)16-8-6-5-7-9-16/h5-13H,1-4H3,(H,21,22,23). The minimum absolute atomic E-state index is 0.657. The Morgan fingerprint density at radius 2 is 1.62 bits per heavy atom. The molecule has 0 aliphatic rings. The predicted molar refractivity (Wildman–Crippen MR) is 104 cm³/mol. The molecule has 1 heterocycles. The minimum atomic E-state index is 0.657. The zero-order chi connectivity index (χ0) is 18.5. The number of aromatic nitrogens is 2. The molecule has 0 fully saturated rings. The molecule has 0 atom stereocenters. The lowest BCUT2D eigenvalue weighted by Crippen LogP contribution is -2.12. The zero-order valence-electron chi connectivity index (χ0n) is 15.4. The van der Waals surface area contributed by atoms with Gasteiger partial charge in [-0.1, -0.05) is 18.2 Å². The number of nitrogens with zero attached hydrogens (tertiary/aromatic N) is 3. The van der Waals surface area contributed by atoms with Crippen molar-refractivity contribution < 1.29 is 9.47 Å². The monoisotopic (exact) mass is 350 g/mol. The molecule has 6 heteroatoms. The molecule has 0 saturated heterocycles. The van der Waals surface area contributed by atoms with Gasteiger partial charge < -0.3 is 19.7 Å². The fraction of sp³-hybridized carbons (Fsp3) is 0.200. The Hall–Kier alpha value is -3.28. The van der Waals surface area contributed by atoms with Crippen LogP contribution in [0.4, 0.5) is 23.0 Å². The Kier molecular flexibility index (Phi) is 5.22. The average molecular weight is 350 g/mol. The number of anilines is 4. The first kappa shape index (κ1) is 17.5. The minimum Gasteiger partial charge on any atom is -0.493 e. The van der Waals surface area contributed by atoms with Gasteiger partial charge in [0.25, 0.3) is 0 Å². The molecule has 0 saturated carbocycles. The first-order valence-corrected chi connectivity index (χ1v) is 8.24. The Morgan fingerprint density at radius 3 is 2.31 bits per heavy atom. The van der Waals surface area contributed by atoms with E-state index in [1.54, 1.807) is 14.2 Å². The fourth-order valence-electron chi connectivity index (χ4n) is 2.63. The SMILES string of the molecule is COc1ccc(Nc2cc(N(C)c3ccccc3)nc(C)n2)cc1OC. The Labute approximate surface area is 153 Å². The largest absolute Gasteiger partial charge is 0.493 e. The van der Waals surface area contributed by atoms with Gasteiger partial charge in [0.15, 0.2) is 11.5 Å². The van der Waals surface area contributed by atoms with E-state index < -0.39 is 0 Å². The lowest BCUT2D eigenvalue weighted by molar-refractivity contribution is 0.355. The van der Waals surface area contributed by atoms with Crippen molar-refractivity contribution in [2.45, 2.75) is 6.92 Å². The number of ether oxygens (including phenoxy) is 2. The predicted octanol–water partition coefficient (Wildman–Crippen LogP) is 4.31. The highest BCUT2D eigenvalue weighted by molar-refractivity contribution is 5.66. The molecule has 0 amide bonds. The molecule has 3 rings (SSSR count). The van der Waals surface area contributed by atoms with Gasteiger partial charge >= 0.3 is 0 Å². The molecule has 0 radical (unpaired) electrons. The molecule has 134 valence electrons. The molecule has 0 bridgehead atoms. The van der Waals surface area contributed by atoms with Gasteiger partial charge in [0, 0.05) is 30.6 Å². The van der Waals surface area contributed by atoms with Gasteiger partial charge in [0.05, 0.1) is 14.2 Å².